The third kappa shape index (κ3) is 4.42. The molecule has 1 N–H and O–H groups in total. The van der Waals surface area contributed by atoms with Crippen molar-refractivity contribution < 1.29 is 22.7 Å². The normalized spacial score (nSPS) is 15.7. The Balaban J connectivity index is 1.64. The van der Waals surface area contributed by atoms with E-state index in [0.29, 0.717) is 22.0 Å². The molecule has 0 aliphatic carbocycles. The van der Waals surface area contributed by atoms with Crippen LogP contribution in [-0.4, -0.2) is 23.0 Å². The van der Waals surface area contributed by atoms with Gasteiger partial charge in [-0.15, -0.1) is 5.10 Å². The van der Waals surface area contributed by atoms with Crippen LogP contribution in [0.15, 0.2) is 46.6 Å². The second-order valence-corrected chi connectivity index (χ2v) is 6.16. The van der Waals surface area contributed by atoms with E-state index >= 15 is 0 Å². The van der Waals surface area contributed by atoms with Gasteiger partial charge in [-0.1, -0.05) is 30.0 Å². The third-order valence-corrected chi connectivity index (χ3v) is 4.15. The van der Waals surface area contributed by atoms with Crippen molar-refractivity contribution in [1.82, 2.24) is 5.32 Å². The van der Waals surface area contributed by atoms with Crippen molar-refractivity contribution in [2.45, 2.75) is 6.61 Å². The molecule has 1 heterocycles. The van der Waals surface area contributed by atoms with Gasteiger partial charge in [0, 0.05) is 0 Å². The van der Waals surface area contributed by atoms with E-state index in [1.54, 1.807) is 24.3 Å². The summed E-state index contributed by atoms with van der Waals surface area (Å²) in [5.41, 5.74) is 1.38. The van der Waals surface area contributed by atoms with Crippen molar-refractivity contribution in [1.29, 1.82) is 0 Å². The van der Waals surface area contributed by atoms with E-state index in [1.807, 2.05) is 0 Å². The van der Waals surface area contributed by atoms with Crippen molar-refractivity contribution >= 4 is 29.1 Å². The van der Waals surface area contributed by atoms with Gasteiger partial charge < -0.3 is 10.1 Å². The zero-order valence-corrected chi connectivity index (χ0v) is 14.0. The van der Waals surface area contributed by atoms with Gasteiger partial charge in [0.05, 0.1) is 12.0 Å². The number of halogens is 3. The van der Waals surface area contributed by atoms with Gasteiger partial charge in [-0.2, -0.15) is 9.49 Å². The highest BCUT2D eigenvalue weighted by Gasteiger charge is 2.16. The average molecular weight is 379 g/mol. The number of amides is 1. The van der Waals surface area contributed by atoms with Crippen LogP contribution in [0.5, 0.6) is 5.75 Å². The molecule has 134 valence electrons. The number of hydrogen-bond acceptors (Lipinski definition) is 5. The van der Waals surface area contributed by atoms with Gasteiger partial charge in [0.1, 0.15) is 6.61 Å². The van der Waals surface area contributed by atoms with Crippen LogP contribution in [0.4, 0.5) is 13.2 Å². The number of nitrogens with zero attached hydrogens (tertiary/aromatic N) is 2. The standard InChI is InChI=1S/C17H12F3N3O2S/c18-12-4-5-13(16(20)15(12)19)25-8-11-3-1-2-10(6-11)7-21-23-17-22-14(24)9-26-17/h1-7H,8-9H2,(H,22,23,24). The summed E-state index contributed by atoms with van der Waals surface area (Å²) in [5.74, 6) is -4.38. The number of carbonyl (C=O) groups excluding carboxylic acids is 1. The lowest BCUT2D eigenvalue weighted by molar-refractivity contribution is -0.116. The minimum Gasteiger partial charge on any atom is -0.486 e. The third-order valence-electron chi connectivity index (χ3n) is 3.29. The molecule has 1 fully saturated rings. The summed E-state index contributed by atoms with van der Waals surface area (Å²) >= 11 is 1.26. The molecule has 1 aliphatic heterocycles. The molecule has 1 saturated heterocycles. The molecular formula is C17H12F3N3O2S. The highest BCUT2D eigenvalue weighted by Crippen LogP contribution is 2.22. The van der Waals surface area contributed by atoms with Crippen LogP contribution in [-0.2, 0) is 11.4 Å². The van der Waals surface area contributed by atoms with E-state index in [4.69, 9.17) is 4.74 Å². The molecule has 9 heteroatoms. The summed E-state index contributed by atoms with van der Waals surface area (Å²) in [6.07, 6.45) is 1.49. The lowest BCUT2D eigenvalue weighted by atomic mass is 10.1. The molecule has 0 bridgehead atoms. The van der Waals surface area contributed by atoms with Crippen LogP contribution < -0.4 is 10.1 Å². The molecule has 5 nitrogen and oxygen atoms in total. The summed E-state index contributed by atoms with van der Waals surface area (Å²) in [5, 5.41) is 10.8. The average Bonchev–Trinajstić information content (AvgIpc) is 3.05. The highest BCUT2D eigenvalue weighted by atomic mass is 32.2. The molecule has 0 unspecified atom stereocenters. The second kappa shape index (κ2) is 8.05. The minimum atomic E-state index is -1.57. The summed E-state index contributed by atoms with van der Waals surface area (Å²) < 4.78 is 44.9. The number of ether oxygens (including phenoxy) is 1. The Morgan fingerprint density at radius 2 is 2.04 bits per heavy atom. The fraction of sp³-hybridized carbons (Fsp3) is 0.118. The Morgan fingerprint density at radius 3 is 2.81 bits per heavy atom. The zero-order chi connectivity index (χ0) is 18.5. The highest BCUT2D eigenvalue weighted by molar-refractivity contribution is 8.15. The van der Waals surface area contributed by atoms with Crippen LogP contribution in [0.3, 0.4) is 0 Å². The van der Waals surface area contributed by atoms with Crippen LogP contribution in [0, 0.1) is 17.5 Å². The molecule has 26 heavy (non-hydrogen) atoms. The molecule has 0 spiro atoms. The van der Waals surface area contributed by atoms with E-state index in [1.165, 1.54) is 18.0 Å². The van der Waals surface area contributed by atoms with Crippen molar-refractivity contribution in [3.63, 3.8) is 0 Å². The molecule has 3 rings (SSSR count). The maximum atomic E-state index is 13.6. The quantitative estimate of drug-likeness (QED) is 0.493. The monoisotopic (exact) mass is 379 g/mol. The number of hydrogen-bond donors (Lipinski definition) is 1. The maximum Gasteiger partial charge on any atom is 0.236 e. The fourth-order valence-electron chi connectivity index (χ4n) is 2.07. The second-order valence-electron chi connectivity index (χ2n) is 5.19. The predicted octanol–water partition coefficient (Wildman–Crippen LogP) is 3.24. The van der Waals surface area contributed by atoms with Crippen LogP contribution in [0.1, 0.15) is 11.1 Å². The molecule has 1 aliphatic rings. The molecule has 2 aromatic rings. The van der Waals surface area contributed by atoms with Crippen molar-refractivity contribution in [3.8, 4) is 5.75 Å². The Labute approximate surface area is 151 Å². The Hall–Kier alpha value is -2.81. The number of thioether (sulfide) groups is 1. The van der Waals surface area contributed by atoms with Crippen LogP contribution >= 0.6 is 11.8 Å². The van der Waals surface area contributed by atoms with Crippen LogP contribution in [0.25, 0.3) is 0 Å². The SMILES string of the molecule is O=C1CSC(=NN=Cc2cccc(COc3ccc(F)c(F)c3F)c2)N1. The Bertz CT molecular complexity index is 903. The minimum absolute atomic E-state index is 0.0376. The molecule has 0 aromatic heterocycles. The van der Waals surface area contributed by atoms with Gasteiger partial charge in [0.15, 0.2) is 22.6 Å². The summed E-state index contributed by atoms with van der Waals surface area (Å²) in [7, 11) is 0. The number of amidine groups is 1. The summed E-state index contributed by atoms with van der Waals surface area (Å²) in [4.78, 5) is 11.0. The zero-order valence-electron chi connectivity index (χ0n) is 13.2. The van der Waals surface area contributed by atoms with Crippen LogP contribution in [0.2, 0.25) is 0 Å². The topological polar surface area (TPSA) is 63.0 Å². The van der Waals surface area contributed by atoms with Gasteiger partial charge >= 0.3 is 0 Å². The smallest absolute Gasteiger partial charge is 0.236 e. The fourth-order valence-corrected chi connectivity index (χ4v) is 2.70. The molecule has 0 radical (unpaired) electrons. The molecular weight excluding hydrogens is 367 g/mol. The lowest BCUT2D eigenvalue weighted by Gasteiger charge is -2.08. The maximum absolute atomic E-state index is 13.6. The Morgan fingerprint density at radius 1 is 1.19 bits per heavy atom. The van der Waals surface area contributed by atoms with E-state index in [0.717, 1.165) is 12.1 Å². The lowest BCUT2D eigenvalue weighted by Crippen LogP contribution is -2.19. The van der Waals surface area contributed by atoms with Crippen molar-refractivity contribution in [2.75, 3.05) is 5.75 Å². The van der Waals surface area contributed by atoms with E-state index in [9.17, 15) is 18.0 Å². The number of rotatable bonds is 5. The van der Waals surface area contributed by atoms with Gasteiger partial charge in [-0.05, 0) is 29.3 Å². The molecule has 0 saturated carbocycles. The summed E-state index contributed by atoms with van der Waals surface area (Å²) in [6, 6.07) is 8.79. The largest absolute Gasteiger partial charge is 0.486 e. The summed E-state index contributed by atoms with van der Waals surface area (Å²) in [6.45, 7) is -0.0376. The first kappa shape index (κ1) is 18.0. The molecule has 1 amide bonds. The first-order chi connectivity index (χ1) is 12.5. The van der Waals surface area contributed by atoms with E-state index in [2.05, 4.69) is 15.5 Å². The number of carbonyl (C=O) groups is 1. The Kier molecular flexibility index (Phi) is 5.57. The van der Waals surface area contributed by atoms with Gasteiger partial charge in [-0.3, -0.25) is 4.79 Å². The number of nitrogens with one attached hydrogen (secondary N) is 1. The van der Waals surface area contributed by atoms with Gasteiger partial charge in [0.2, 0.25) is 11.7 Å². The molecule has 2 aromatic carbocycles. The first-order valence-electron chi connectivity index (χ1n) is 7.42. The predicted molar refractivity (Wildman–Crippen MR) is 92.7 cm³/mol. The molecule has 0 atom stereocenters. The first-order valence-corrected chi connectivity index (χ1v) is 8.40. The van der Waals surface area contributed by atoms with Crippen molar-refractivity contribution in [3.05, 3.63) is 65.0 Å². The van der Waals surface area contributed by atoms with Crippen molar-refractivity contribution in [2.24, 2.45) is 10.2 Å². The van der Waals surface area contributed by atoms with E-state index in [-0.39, 0.29) is 18.3 Å². The number of benzene rings is 2. The van der Waals surface area contributed by atoms with Gasteiger partial charge in [-0.25, -0.2) is 8.78 Å². The van der Waals surface area contributed by atoms with Gasteiger partial charge in [0.25, 0.3) is 0 Å². The van der Waals surface area contributed by atoms with E-state index < -0.39 is 17.5 Å².